The number of amides is 1. The molecule has 1 fully saturated rings. The molecule has 0 saturated carbocycles. The van der Waals surface area contributed by atoms with Gasteiger partial charge in [-0.2, -0.15) is 0 Å². The van der Waals surface area contributed by atoms with Gasteiger partial charge in [0.05, 0.1) is 27.5 Å². The Kier molecular flexibility index (Phi) is 7.15. The maximum absolute atomic E-state index is 13.5. The van der Waals surface area contributed by atoms with E-state index in [0.717, 1.165) is 41.8 Å². The van der Waals surface area contributed by atoms with Gasteiger partial charge in [0.2, 0.25) is 5.95 Å². The summed E-state index contributed by atoms with van der Waals surface area (Å²) in [6.45, 7) is 7.38. The number of fused-ring (bicyclic) bond motifs is 1. The van der Waals surface area contributed by atoms with E-state index in [1.807, 2.05) is 38.8 Å². The number of nitrogens with one attached hydrogen (secondary N) is 2. The van der Waals surface area contributed by atoms with Gasteiger partial charge in [0.25, 0.3) is 5.91 Å². The number of carbonyl (C=O) groups is 1. The van der Waals surface area contributed by atoms with Crippen LogP contribution >= 0.6 is 11.3 Å². The van der Waals surface area contributed by atoms with Crippen LogP contribution in [-0.2, 0) is 0 Å². The van der Waals surface area contributed by atoms with Crippen molar-refractivity contribution in [3.8, 4) is 0 Å². The highest BCUT2D eigenvalue weighted by molar-refractivity contribution is 7.23. The fourth-order valence-corrected chi connectivity index (χ4v) is 4.21. The molecule has 3 aromatic heterocycles. The van der Waals surface area contributed by atoms with E-state index in [0.29, 0.717) is 22.7 Å². The number of anilines is 2. The zero-order chi connectivity index (χ0) is 21.7. The minimum atomic E-state index is -0.399. The second-order valence-electron chi connectivity index (χ2n) is 6.77. The van der Waals surface area contributed by atoms with Crippen molar-refractivity contribution in [2.45, 2.75) is 39.7 Å². The summed E-state index contributed by atoms with van der Waals surface area (Å²) in [5, 5.41) is 7.19. The van der Waals surface area contributed by atoms with Crippen molar-refractivity contribution >= 4 is 38.4 Å². The van der Waals surface area contributed by atoms with E-state index >= 15 is 0 Å². The van der Waals surface area contributed by atoms with Crippen LogP contribution in [0, 0.1) is 5.82 Å². The fourth-order valence-electron chi connectivity index (χ4n) is 3.27. The third-order valence-corrected chi connectivity index (χ3v) is 5.93. The quantitative estimate of drug-likeness (QED) is 0.610. The molecule has 1 aliphatic rings. The summed E-state index contributed by atoms with van der Waals surface area (Å²) < 4.78 is 14.3. The zero-order valence-corrected chi connectivity index (χ0v) is 18.5. The van der Waals surface area contributed by atoms with Crippen LogP contribution in [0.25, 0.3) is 10.2 Å². The summed E-state index contributed by atoms with van der Waals surface area (Å²) in [7, 11) is 1.83. The molecule has 2 N–H and O–H groups in total. The van der Waals surface area contributed by atoms with Gasteiger partial charge in [-0.3, -0.25) is 9.78 Å². The molecular formula is C21H27FN6OS. The average molecular weight is 431 g/mol. The highest BCUT2D eigenvalue weighted by Crippen LogP contribution is 2.32. The van der Waals surface area contributed by atoms with E-state index in [9.17, 15) is 9.18 Å². The van der Waals surface area contributed by atoms with Crippen molar-refractivity contribution in [3.63, 3.8) is 0 Å². The SMILES string of the molecule is CC.CNc1cc2nc(N[C@@H](C)c3cncc(F)c3)nc(C(=O)N3CCCC3)c2s1. The molecule has 1 saturated heterocycles. The number of carbonyl (C=O) groups excluding carboxylic acids is 1. The van der Waals surface area contributed by atoms with Gasteiger partial charge in [-0.1, -0.05) is 13.8 Å². The summed E-state index contributed by atoms with van der Waals surface area (Å²) in [4.78, 5) is 27.9. The second-order valence-corrected chi connectivity index (χ2v) is 7.82. The molecule has 0 unspecified atom stereocenters. The molecule has 160 valence electrons. The first-order valence-electron chi connectivity index (χ1n) is 10.2. The number of aromatic nitrogens is 3. The van der Waals surface area contributed by atoms with E-state index in [2.05, 4.69) is 25.6 Å². The standard InChI is InChI=1S/C19H21FN6OS.C2H6/c1-11(12-7-13(20)10-22-9-12)23-19-24-14-8-15(21-2)28-17(14)16(25-19)18(27)26-5-3-4-6-26;1-2/h7-11,21H,3-6H2,1-2H3,(H,23,24,25);1-2H3/t11-;/m0./s1. The van der Waals surface area contributed by atoms with Gasteiger partial charge in [0.15, 0.2) is 5.69 Å². The zero-order valence-electron chi connectivity index (χ0n) is 17.7. The van der Waals surface area contributed by atoms with Crippen LogP contribution < -0.4 is 10.6 Å². The highest BCUT2D eigenvalue weighted by atomic mass is 32.1. The number of pyridine rings is 1. The number of halogens is 1. The lowest BCUT2D eigenvalue weighted by Gasteiger charge is -2.17. The Labute approximate surface area is 179 Å². The molecule has 30 heavy (non-hydrogen) atoms. The van der Waals surface area contributed by atoms with Crippen LogP contribution in [0.3, 0.4) is 0 Å². The van der Waals surface area contributed by atoms with Crippen LogP contribution in [0.4, 0.5) is 15.3 Å². The summed E-state index contributed by atoms with van der Waals surface area (Å²) in [5.74, 6) is -0.131. The Balaban J connectivity index is 0.00000124. The molecule has 4 rings (SSSR count). The Morgan fingerprint density at radius 3 is 2.60 bits per heavy atom. The number of rotatable bonds is 5. The van der Waals surface area contributed by atoms with Crippen molar-refractivity contribution < 1.29 is 9.18 Å². The van der Waals surface area contributed by atoms with Gasteiger partial charge >= 0.3 is 0 Å². The monoisotopic (exact) mass is 430 g/mol. The molecule has 0 aliphatic carbocycles. The molecule has 0 spiro atoms. The minimum Gasteiger partial charge on any atom is -0.380 e. The molecule has 9 heteroatoms. The van der Waals surface area contributed by atoms with Crippen molar-refractivity contribution in [2.75, 3.05) is 30.8 Å². The van der Waals surface area contributed by atoms with Crippen molar-refractivity contribution in [1.29, 1.82) is 0 Å². The van der Waals surface area contributed by atoms with Gasteiger partial charge in [-0.15, -0.1) is 11.3 Å². The Hall–Kier alpha value is -2.81. The summed E-state index contributed by atoms with van der Waals surface area (Å²) in [6, 6.07) is 3.06. The van der Waals surface area contributed by atoms with Crippen molar-refractivity contribution in [2.24, 2.45) is 0 Å². The van der Waals surface area contributed by atoms with Gasteiger partial charge in [-0.25, -0.2) is 14.4 Å². The topological polar surface area (TPSA) is 83.0 Å². The average Bonchev–Trinajstić information content (AvgIpc) is 3.44. The third kappa shape index (κ3) is 4.67. The van der Waals surface area contributed by atoms with Crippen LogP contribution in [-0.4, -0.2) is 45.9 Å². The van der Waals surface area contributed by atoms with E-state index in [1.54, 1.807) is 6.20 Å². The third-order valence-electron chi connectivity index (χ3n) is 4.79. The Bertz CT molecular complexity index is 1020. The van der Waals surface area contributed by atoms with Gasteiger partial charge < -0.3 is 15.5 Å². The molecule has 0 radical (unpaired) electrons. The normalized spacial score (nSPS) is 14.2. The number of nitrogens with zero attached hydrogens (tertiary/aromatic N) is 4. The molecule has 0 aromatic carbocycles. The molecule has 1 atom stereocenters. The fraction of sp³-hybridized carbons (Fsp3) is 0.429. The van der Waals surface area contributed by atoms with Crippen molar-refractivity contribution in [1.82, 2.24) is 19.9 Å². The van der Waals surface area contributed by atoms with Crippen LogP contribution in [0.15, 0.2) is 24.5 Å². The maximum atomic E-state index is 13.5. The lowest BCUT2D eigenvalue weighted by molar-refractivity contribution is 0.0789. The van der Waals surface area contributed by atoms with E-state index in [4.69, 9.17) is 0 Å². The smallest absolute Gasteiger partial charge is 0.274 e. The first-order valence-corrected chi connectivity index (χ1v) is 11.0. The first kappa shape index (κ1) is 21.9. The maximum Gasteiger partial charge on any atom is 0.274 e. The summed E-state index contributed by atoms with van der Waals surface area (Å²) in [6.07, 6.45) is 4.79. The van der Waals surface area contributed by atoms with Crippen molar-refractivity contribution in [3.05, 3.63) is 41.6 Å². The molecule has 4 heterocycles. The van der Waals surface area contributed by atoms with Crippen LogP contribution in [0.5, 0.6) is 0 Å². The van der Waals surface area contributed by atoms with Gasteiger partial charge in [0, 0.05) is 26.3 Å². The van der Waals surface area contributed by atoms with Gasteiger partial charge in [0.1, 0.15) is 5.82 Å². The lowest BCUT2D eigenvalue weighted by Crippen LogP contribution is -2.28. The van der Waals surface area contributed by atoms with Crippen LogP contribution in [0.2, 0.25) is 0 Å². The summed E-state index contributed by atoms with van der Waals surface area (Å²) in [5.41, 5.74) is 1.79. The number of likely N-dealkylation sites (tertiary alicyclic amines) is 1. The minimum absolute atomic E-state index is 0.0717. The lowest BCUT2D eigenvalue weighted by atomic mass is 10.1. The van der Waals surface area contributed by atoms with Gasteiger partial charge in [-0.05, 0) is 37.5 Å². The predicted molar refractivity (Wildman–Crippen MR) is 120 cm³/mol. The Morgan fingerprint density at radius 1 is 1.20 bits per heavy atom. The number of thiophene rings is 1. The molecule has 0 bridgehead atoms. The molecular weight excluding hydrogens is 403 g/mol. The number of hydrogen-bond donors (Lipinski definition) is 2. The highest BCUT2D eigenvalue weighted by Gasteiger charge is 2.25. The molecule has 1 aliphatic heterocycles. The Morgan fingerprint density at radius 2 is 1.93 bits per heavy atom. The van der Waals surface area contributed by atoms with E-state index < -0.39 is 5.82 Å². The summed E-state index contributed by atoms with van der Waals surface area (Å²) >= 11 is 1.47. The van der Waals surface area contributed by atoms with Crippen LogP contribution in [0.1, 0.15) is 55.7 Å². The van der Waals surface area contributed by atoms with E-state index in [-0.39, 0.29) is 11.9 Å². The first-order chi connectivity index (χ1) is 14.5. The number of hydrogen-bond acceptors (Lipinski definition) is 7. The largest absolute Gasteiger partial charge is 0.380 e. The predicted octanol–water partition coefficient (Wildman–Crippen LogP) is 4.70. The molecule has 3 aromatic rings. The molecule has 1 amide bonds. The molecule has 7 nitrogen and oxygen atoms in total. The van der Waals surface area contributed by atoms with E-state index in [1.165, 1.54) is 17.4 Å². The second kappa shape index (κ2) is 9.80.